The van der Waals surface area contributed by atoms with Crippen LogP contribution in [0.15, 0.2) is 84.1 Å². The van der Waals surface area contributed by atoms with E-state index in [1.165, 1.54) is 18.2 Å². The van der Waals surface area contributed by atoms with Crippen LogP contribution < -0.4 is 5.32 Å². The Balaban J connectivity index is 1.61. The van der Waals surface area contributed by atoms with Gasteiger partial charge < -0.3 is 5.32 Å². The van der Waals surface area contributed by atoms with Crippen LogP contribution in [0.3, 0.4) is 0 Å². The van der Waals surface area contributed by atoms with Gasteiger partial charge in [0.15, 0.2) is 5.16 Å². The summed E-state index contributed by atoms with van der Waals surface area (Å²) in [4.78, 5) is 16.9. The maximum Gasteiger partial charge on any atom is 0.234 e. The molecule has 1 heterocycles. The molecule has 0 spiro atoms. The lowest BCUT2D eigenvalue weighted by Gasteiger charge is -2.09. The molecule has 0 radical (unpaired) electrons. The van der Waals surface area contributed by atoms with Crippen molar-refractivity contribution >= 4 is 35.0 Å². The van der Waals surface area contributed by atoms with Gasteiger partial charge in [-0.2, -0.15) is 0 Å². The Kier molecular flexibility index (Phi) is 6.34. The van der Waals surface area contributed by atoms with E-state index in [-0.39, 0.29) is 11.4 Å². The monoisotopic (exact) mass is 455 g/mol. The molecule has 0 aliphatic heterocycles. The minimum Gasteiger partial charge on any atom is -0.323 e. The number of benzene rings is 3. The van der Waals surface area contributed by atoms with Gasteiger partial charge in [-0.1, -0.05) is 59.8 Å². The predicted molar refractivity (Wildman–Crippen MR) is 120 cm³/mol. The Bertz CT molecular complexity index is 1230. The van der Waals surface area contributed by atoms with Crippen LogP contribution in [0.4, 0.5) is 14.5 Å². The number of nitrogens with one attached hydrogen (secondary N) is 1. The molecule has 4 rings (SSSR count). The highest BCUT2D eigenvalue weighted by atomic mass is 35.5. The van der Waals surface area contributed by atoms with Gasteiger partial charge in [-0.15, -0.1) is 0 Å². The van der Waals surface area contributed by atoms with Crippen LogP contribution in [-0.2, 0) is 4.79 Å². The first kappa shape index (κ1) is 21.1. The Morgan fingerprint density at radius 3 is 2.35 bits per heavy atom. The molecule has 0 aliphatic rings. The number of aromatic nitrogens is 2. The lowest BCUT2D eigenvalue weighted by Crippen LogP contribution is -2.15. The summed E-state index contributed by atoms with van der Waals surface area (Å²) in [6.45, 7) is 0. The first-order valence-electron chi connectivity index (χ1n) is 9.28. The molecule has 4 aromatic rings. The van der Waals surface area contributed by atoms with E-state index in [0.717, 1.165) is 17.3 Å². The van der Waals surface area contributed by atoms with Gasteiger partial charge in [-0.3, -0.25) is 9.36 Å². The van der Waals surface area contributed by atoms with Crippen molar-refractivity contribution in [3.05, 3.63) is 95.7 Å². The SMILES string of the molecule is O=C(CSc1nc(-c2ccc(Cl)cc2)cn1-c1ccccc1F)Nc1ccccc1F. The van der Waals surface area contributed by atoms with Gasteiger partial charge >= 0.3 is 0 Å². The molecule has 0 bridgehead atoms. The zero-order valence-corrected chi connectivity index (χ0v) is 17.6. The number of amides is 1. The fraction of sp³-hybridized carbons (Fsp3) is 0.0435. The van der Waals surface area contributed by atoms with Crippen LogP contribution in [0.25, 0.3) is 16.9 Å². The average molecular weight is 456 g/mol. The van der Waals surface area contributed by atoms with Crippen molar-refractivity contribution in [1.82, 2.24) is 9.55 Å². The van der Waals surface area contributed by atoms with Gasteiger partial charge in [0, 0.05) is 16.8 Å². The number of carbonyl (C=O) groups excluding carboxylic acids is 1. The van der Waals surface area contributed by atoms with Gasteiger partial charge in [-0.05, 0) is 36.4 Å². The van der Waals surface area contributed by atoms with Gasteiger partial charge in [-0.25, -0.2) is 13.8 Å². The summed E-state index contributed by atoms with van der Waals surface area (Å²) in [5.74, 6) is -1.36. The maximum absolute atomic E-state index is 14.5. The van der Waals surface area contributed by atoms with Crippen molar-refractivity contribution < 1.29 is 13.6 Å². The Labute approximate surface area is 186 Å². The molecule has 0 unspecified atom stereocenters. The van der Waals surface area contributed by atoms with E-state index in [1.54, 1.807) is 53.2 Å². The molecule has 3 aromatic carbocycles. The van der Waals surface area contributed by atoms with Crippen LogP contribution >= 0.6 is 23.4 Å². The van der Waals surface area contributed by atoms with Crippen LogP contribution in [0.1, 0.15) is 0 Å². The Hall–Kier alpha value is -3.16. The second-order valence-electron chi connectivity index (χ2n) is 6.55. The van der Waals surface area contributed by atoms with Crippen molar-refractivity contribution in [1.29, 1.82) is 0 Å². The van der Waals surface area contributed by atoms with Gasteiger partial charge in [0.05, 0.1) is 22.8 Å². The van der Waals surface area contributed by atoms with E-state index < -0.39 is 17.5 Å². The summed E-state index contributed by atoms with van der Waals surface area (Å²) in [6.07, 6.45) is 1.71. The number of halogens is 3. The van der Waals surface area contributed by atoms with E-state index >= 15 is 0 Å². The van der Waals surface area contributed by atoms with Crippen LogP contribution in [0, 0.1) is 11.6 Å². The molecular weight excluding hydrogens is 440 g/mol. The highest BCUT2D eigenvalue weighted by Crippen LogP contribution is 2.29. The lowest BCUT2D eigenvalue weighted by molar-refractivity contribution is -0.113. The number of anilines is 1. The minimum absolute atomic E-state index is 0.0279. The molecule has 31 heavy (non-hydrogen) atoms. The Morgan fingerprint density at radius 1 is 0.968 bits per heavy atom. The topological polar surface area (TPSA) is 46.9 Å². The van der Waals surface area contributed by atoms with Crippen LogP contribution in [0.5, 0.6) is 0 Å². The predicted octanol–water partition coefficient (Wildman–Crippen LogP) is 6.20. The van der Waals surface area contributed by atoms with E-state index in [4.69, 9.17) is 11.6 Å². The second-order valence-corrected chi connectivity index (χ2v) is 7.93. The molecule has 1 aromatic heterocycles. The number of rotatable bonds is 6. The summed E-state index contributed by atoms with van der Waals surface area (Å²) in [6, 6.07) is 19.4. The summed E-state index contributed by atoms with van der Waals surface area (Å²) >= 11 is 7.09. The normalized spacial score (nSPS) is 10.8. The third-order valence-electron chi connectivity index (χ3n) is 4.41. The number of para-hydroxylation sites is 2. The highest BCUT2D eigenvalue weighted by molar-refractivity contribution is 7.99. The second kappa shape index (κ2) is 9.32. The largest absolute Gasteiger partial charge is 0.323 e. The summed E-state index contributed by atoms with van der Waals surface area (Å²) in [7, 11) is 0. The molecule has 1 N–H and O–H groups in total. The molecule has 0 saturated carbocycles. The molecule has 0 atom stereocenters. The molecule has 0 saturated heterocycles. The number of thioether (sulfide) groups is 1. The van der Waals surface area contributed by atoms with Gasteiger partial charge in [0.2, 0.25) is 5.91 Å². The van der Waals surface area contributed by atoms with Gasteiger partial charge in [0.1, 0.15) is 11.6 Å². The zero-order chi connectivity index (χ0) is 21.8. The first-order valence-corrected chi connectivity index (χ1v) is 10.6. The number of imidazole rings is 1. The molecule has 0 aliphatic carbocycles. The lowest BCUT2D eigenvalue weighted by atomic mass is 10.2. The molecule has 1 amide bonds. The summed E-state index contributed by atoms with van der Waals surface area (Å²) < 4.78 is 29.8. The molecule has 0 fully saturated rings. The molecule has 156 valence electrons. The molecule has 4 nitrogen and oxygen atoms in total. The van der Waals surface area contributed by atoms with Crippen molar-refractivity contribution in [2.45, 2.75) is 5.16 Å². The minimum atomic E-state index is -0.515. The third-order valence-corrected chi connectivity index (χ3v) is 5.61. The number of nitrogens with zero attached hydrogens (tertiary/aromatic N) is 2. The summed E-state index contributed by atoms with van der Waals surface area (Å²) in [5.41, 5.74) is 1.83. The molecular formula is C23H16ClF2N3OS. The standard InChI is InChI=1S/C23H16ClF2N3OS/c24-16-11-9-15(10-12-16)20-13-29(21-8-4-2-6-18(21)26)23(28-20)31-14-22(30)27-19-7-3-1-5-17(19)25/h1-13H,14H2,(H,27,30). The van der Waals surface area contributed by atoms with E-state index in [0.29, 0.717) is 21.6 Å². The number of carbonyl (C=O) groups is 1. The van der Waals surface area contributed by atoms with Crippen molar-refractivity contribution in [3.63, 3.8) is 0 Å². The Morgan fingerprint density at radius 2 is 1.65 bits per heavy atom. The van der Waals surface area contributed by atoms with E-state index in [9.17, 15) is 13.6 Å². The maximum atomic E-state index is 14.5. The highest BCUT2D eigenvalue weighted by Gasteiger charge is 2.16. The quantitative estimate of drug-likeness (QED) is 0.352. The van der Waals surface area contributed by atoms with Crippen molar-refractivity contribution in [2.75, 3.05) is 11.1 Å². The summed E-state index contributed by atoms with van der Waals surface area (Å²) in [5, 5.41) is 3.56. The van der Waals surface area contributed by atoms with Crippen molar-refractivity contribution in [2.24, 2.45) is 0 Å². The average Bonchev–Trinajstić information content (AvgIpc) is 3.19. The van der Waals surface area contributed by atoms with E-state index in [2.05, 4.69) is 10.3 Å². The number of hydrogen-bond acceptors (Lipinski definition) is 3. The number of hydrogen-bond donors (Lipinski definition) is 1. The first-order chi connectivity index (χ1) is 15.0. The molecule has 8 heteroatoms. The van der Waals surface area contributed by atoms with Gasteiger partial charge in [0.25, 0.3) is 0 Å². The fourth-order valence-electron chi connectivity index (χ4n) is 2.92. The van der Waals surface area contributed by atoms with Crippen LogP contribution in [0.2, 0.25) is 5.02 Å². The smallest absolute Gasteiger partial charge is 0.234 e. The van der Waals surface area contributed by atoms with E-state index in [1.807, 2.05) is 12.1 Å². The van der Waals surface area contributed by atoms with Crippen LogP contribution in [-0.4, -0.2) is 21.2 Å². The fourth-order valence-corrected chi connectivity index (χ4v) is 3.83. The zero-order valence-electron chi connectivity index (χ0n) is 16.1. The third kappa shape index (κ3) is 4.95. The van der Waals surface area contributed by atoms with Crippen molar-refractivity contribution in [3.8, 4) is 16.9 Å².